The molecule has 114 valence electrons. The molecule has 0 bridgehead atoms. The highest BCUT2D eigenvalue weighted by Gasteiger charge is 2.21. The molecule has 1 aliphatic rings. The first-order chi connectivity index (χ1) is 10.7. The van der Waals surface area contributed by atoms with Crippen LogP contribution in [-0.4, -0.2) is 0 Å². The molecule has 22 heavy (non-hydrogen) atoms. The summed E-state index contributed by atoms with van der Waals surface area (Å²) >= 11 is 0. The van der Waals surface area contributed by atoms with Gasteiger partial charge in [-0.3, -0.25) is 0 Å². The highest BCUT2D eigenvalue weighted by molar-refractivity contribution is 6.05. The van der Waals surface area contributed by atoms with Crippen LogP contribution in [0.4, 0.5) is 0 Å². The Balaban J connectivity index is 0.000000847. The fraction of sp³-hybridized carbons (Fsp3) is 0.273. The average Bonchev–Trinajstić information content (AvgIpc) is 2.83. The van der Waals surface area contributed by atoms with E-state index in [4.69, 9.17) is 0 Å². The minimum Gasteiger partial charge on any atom is -0.0683 e. The van der Waals surface area contributed by atoms with Gasteiger partial charge in [-0.05, 0) is 59.8 Å². The van der Waals surface area contributed by atoms with E-state index in [2.05, 4.69) is 75.4 Å². The predicted octanol–water partition coefficient (Wildman–Crippen LogP) is 6.76. The van der Waals surface area contributed by atoms with Gasteiger partial charge in [0, 0.05) is 0 Å². The molecular weight excluding hydrogens is 264 g/mol. The van der Waals surface area contributed by atoms with Gasteiger partial charge in [-0.15, -0.1) is 0 Å². The van der Waals surface area contributed by atoms with Gasteiger partial charge in [-0.1, -0.05) is 74.9 Å². The Morgan fingerprint density at radius 3 is 2.00 bits per heavy atom. The van der Waals surface area contributed by atoms with Gasteiger partial charge in [0.15, 0.2) is 0 Å². The summed E-state index contributed by atoms with van der Waals surface area (Å²) in [6, 6.07) is 17.5. The Labute approximate surface area is 135 Å². The maximum atomic E-state index is 2.32. The van der Waals surface area contributed by atoms with Crippen molar-refractivity contribution in [3.63, 3.8) is 0 Å². The number of fused-ring (bicyclic) bond motifs is 1. The van der Waals surface area contributed by atoms with Crippen LogP contribution in [0.15, 0.2) is 54.1 Å². The van der Waals surface area contributed by atoms with E-state index in [9.17, 15) is 0 Å². The van der Waals surface area contributed by atoms with Crippen molar-refractivity contribution >= 4 is 17.2 Å². The van der Waals surface area contributed by atoms with E-state index in [0.717, 1.165) is 6.42 Å². The molecule has 3 rings (SSSR count). The SMILES string of the molecule is CC.CCC1=C(C)C(=Cc2ccc(C)cc2)c2ccccc21. The van der Waals surface area contributed by atoms with E-state index in [0.29, 0.717) is 0 Å². The van der Waals surface area contributed by atoms with Crippen LogP contribution >= 0.6 is 0 Å². The molecular formula is C22H26. The van der Waals surface area contributed by atoms with Crippen LogP contribution in [-0.2, 0) is 0 Å². The molecule has 2 aromatic rings. The summed E-state index contributed by atoms with van der Waals surface area (Å²) in [5, 5.41) is 0. The van der Waals surface area contributed by atoms with E-state index in [-0.39, 0.29) is 0 Å². The van der Waals surface area contributed by atoms with E-state index >= 15 is 0 Å². The van der Waals surface area contributed by atoms with Crippen molar-refractivity contribution in [2.45, 2.75) is 41.0 Å². The van der Waals surface area contributed by atoms with Gasteiger partial charge in [0.2, 0.25) is 0 Å². The fourth-order valence-electron chi connectivity index (χ4n) is 3.02. The molecule has 0 heterocycles. The van der Waals surface area contributed by atoms with Crippen LogP contribution in [0, 0.1) is 6.92 Å². The summed E-state index contributed by atoms with van der Waals surface area (Å²) in [4.78, 5) is 0. The molecule has 2 aromatic carbocycles. The highest BCUT2D eigenvalue weighted by Crippen LogP contribution is 2.43. The zero-order chi connectivity index (χ0) is 16.1. The summed E-state index contributed by atoms with van der Waals surface area (Å²) in [5.74, 6) is 0. The lowest BCUT2D eigenvalue weighted by molar-refractivity contribution is 1.23. The van der Waals surface area contributed by atoms with Gasteiger partial charge < -0.3 is 0 Å². The smallest absolute Gasteiger partial charge is 0.0106 e. The third-order valence-electron chi connectivity index (χ3n) is 4.14. The standard InChI is InChI=1S/C20H20.C2H6/c1-4-17-15(3)20(19-8-6-5-7-18(17)19)13-16-11-9-14(2)10-12-16;1-2/h5-13H,4H2,1-3H3;1-2H3. The third-order valence-corrected chi connectivity index (χ3v) is 4.14. The van der Waals surface area contributed by atoms with Gasteiger partial charge in [0.25, 0.3) is 0 Å². The van der Waals surface area contributed by atoms with Gasteiger partial charge in [-0.25, -0.2) is 0 Å². The van der Waals surface area contributed by atoms with Gasteiger partial charge in [-0.2, -0.15) is 0 Å². The summed E-state index contributed by atoms with van der Waals surface area (Å²) in [5.41, 5.74) is 9.65. The Morgan fingerprint density at radius 1 is 0.818 bits per heavy atom. The number of rotatable bonds is 2. The largest absolute Gasteiger partial charge is 0.0683 e. The van der Waals surface area contributed by atoms with Crippen molar-refractivity contribution in [2.24, 2.45) is 0 Å². The zero-order valence-corrected chi connectivity index (χ0v) is 14.4. The molecule has 0 nitrogen and oxygen atoms in total. The average molecular weight is 290 g/mol. The van der Waals surface area contributed by atoms with Crippen LogP contribution in [0.25, 0.3) is 17.2 Å². The Kier molecular flexibility index (Phi) is 5.38. The topological polar surface area (TPSA) is 0 Å². The van der Waals surface area contributed by atoms with E-state index in [1.54, 1.807) is 0 Å². The molecule has 0 amide bonds. The van der Waals surface area contributed by atoms with E-state index in [1.807, 2.05) is 13.8 Å². The first-order valence-corrected chi connectivity index (χ1v) is 8.29. The summed E-state index contributed by atoms with van der Waals surface area (Å²) in [7, 11) is 0. The predicted molar refractivity (Wildman–Crippen MR) is 99.7 cm³/mol. The molecule has 0 saturated carbocycles. The van der Waals surface area contributed by atoms with Crippen LogP contribution in [0.2, 0.25) is 0 Å². The molecule has 0 radical (unpaired) electrons. The van der Waals surface area contributed by atoms with Crippen molar-refractivity contribution in [1.82, 2.24) is 0 Å². The summed E-state index contributed by atoms with van der Waals surface area (Å²) < 4.78 is 0. The fourth-order valence-corrected chi connectivity index (χ4v) is 3.02. The van der Waals surface area contributed by atoms with E-state index in [1.165, 1.54) is 39.0 Å². The molecule has 0 atom stereocenters. The summed E-state index contributed by atoms with van der Waals surface area (Å²) in [6.45, 7) is 10.6. The van der Waals surface area contributed by atoms with Crippen LogP contribution < -0.4 is 0 Å². The molecule has 0 N–H and O–H groups in total. The maximum Gasteiger partial charge on any atom is -0.0106 e. The minimum atomic E-state index is 1.09. The zero-order valence-electron chi connectivity index (χ0n) is 14.4. The third kappa shape index (κ3) is 3.06. The second-order valence-corrected chi connectivity index (χ2v) is 5.47. The van der Waals surface area contributed by atoms with Gasteiger partial charge in [0.1, 0.15) is 0 Å². The lowest BCUT2D eigenvalue weighted by atomic mass is 10.0. The molecule has 0 heteroatoms. The quantitative estimate of drug-likeness (QED) is 0.573. The first-order valence-electron chi connectivity index (χ1n) is 8.29. The molecule has 0 fully saturated rings. The Hall–Kier alpha value is -2.08. The number of aryl methyl sites for hydroxylation is 1. The van der Waals surface area contributed by atoms with Crippen LogP contribution in [0.5, 0.6) is 0 Å². The van der Waals surface area contributed by atoms with Crippen LogP contribution in [0.1, 0.15) is 56.4 Å². The second-order valence-electron chi connectivity index (χ2n) is 5.47. The van der Waals surface area contributed by atoms with Crippen molar-refractivity contribution in [3.8, 4) is 0 Å². The number of hydrogen-bond acceptors (Lipinski definition) is 0. The minimum absolute atomic E-state index is 1.09. The molecule has 0 unspecified atom stereocenters. The number of hydrogen-bond donors (Lipinski definition) is 0. The number of allylic oxidation sites excluding steroid dienone is 3. The Morgan fingerprint density at radius 2 is 1.41 bits per heavy atom. The normalized spacial score (nSPS) is 14.7. The van der Waals surface area contributed by atoms with Crippen molar-refractivity contribution < 1.29 is 0 Å². The van der Waals surface area contributed by atoms with Crippen molar-refractivity contribution in [3.05, 3.63) is 76.4 Å². The maximum absolute atomic E-state index is 2.32. The van der Waals surface area contributed by atoms with Gasteiger partial charge in [0.05, 0.1) is 0 Å². The monoisotopic (exact) mass is 290 g/mol. The lowest BCUT2D eigenvalue weighted by Crippen LogP contribution is -1.83. The lowest BCUT2D eigenvalue weighted by Gasteiger charge is -2.04. The molecule has 0 aliphatic heterocycles. The van der Waals surface area contributed by atoms with Crippen molar-refractivity contribution in [1.29, 1.82) is 0 Å². The number of benzene rings is 2. The second kappa shape index (κ2) is 7.26. The van der Waals surface area contributed by atoms with Crippen LogP contribution in [0.3, 0.4) is 0 Å². The molecule has 1 aliphatic carbocycles. The molecule has 0 spiro atoms. The Bertz CT molecular complexity index is 697. The highest BCUT2D eigenvalue weighted by atomic mass is 14.2. The molecule has 0 saturated heterocycles. The summed E-state index contributed by atoms with van der Waals surface area (Å²) in [6.07, 6.45) is 3.41. The van der Waals surface area contributed by atoms with Crippen molar-refractivity contribution in [2.75, 3.05) is 0 Å². The molecule has 0 aromatic heterocycles. The van der Waals surface area contributed by atoms with Gasteiger partial charge >= 0.3 is 0 Å². The van der Waals surface area contributed by atoms with E-state index < -0.39 is 0 Å². The first kappa shape index (κ1) is 16.3.